The van der Waals surface area contributed by atoms with Crippen molar-refractivity contribution in [3.8, 4) is 16.9 Å². The van der Waals surface area contributed by atoms with Crippen LogP contribution in [0, 0.1) is 0 Å². The van der Waals surface area contributed by atoms with Gasteiger partial charge < -0.3 is 14.7 Å². The first-order chi connectivity index (χ1) is 15.0. The van der Waals surface area contributed by atoms with Crippen molar-refractivity contribution in [2.75, 3.05) is 33.3 Å². The number of amides is 1. The molecule has 2 rings (SSSR count). The van der Waals surface area contributed by atoms with Crippen LogP contribution in [0.2, 0.25) is 0 Å². The van der Waals surface area contributed by atoms with Crippen LogP contribution in [-0.4, -0.2) is 60.6 Å². The second-order valence-corrected chi connectivity index (χ2v) is 7.63. The lowest BCUT2D eigenvalue weighted by atomic mass is 9.96. The number of methoxy groups -OCH3 is 1. The molecule has 0 fully saturated rings. The minimum absolute atomic E-state index is 0.00952. The van der Waals surface area contributed by atoms with Crippen molar-refractivity contribution in [1.82, 2.24) is 9.80 Å². The summed E-state index contributed by atoms with van der Waals surface area (Å²) in [5.41, 5.74) is 3.85. The number of aliphatic carboxylic acids is 1. The van der Waals surface area contributed by atoms with Gasteiger partial charge in [0.2, 0.25) is 6.41 Å². The largest absolute Gasteiger partial charge is 0.496 e. The molecule has 0 bridgehead atoms. The van der Waals surface area contributed by atoms with E-state index in [1.807, 2.05) is 41.3 Å². The highest BCUT2D eigenvalue weighted by atomic mass is 16.5. The van der Waals surface area contributed by atoms with Crippen LogP contribution in [0.25, 0.3) is 11.1 Å². The predicted molar refractivity (Wildman–Crippen MR) is 123 cm³/mol. The van der Waals surface area contributed by atoms with Crippen LogP contribution < -0.4 is 4.74 Å². The van der Waals surface area contributed by atoms with Gasteiger partial charge in [-0.25, -0.2) is 0 Å². The molecule has 0 atom stereocenters. The molecule has 0 aliphatic heterocycles. The smallest absolute Gasteiger partial charge is 0.307 e. The molecule has 6 nitrogen and oxygen atoms in total. The molecule has 0 saturated heterocycles. The van der Waals surface area contributed by atoms with E-state index in [0.717, 1.165) is 80.0 Å². The fraction of sp³-hybridized carbons (Fsp3) is 0.440. The number of ether oxygens (including phenoxy) is 1. The van der Waals surface area contributed by atoms with Gasteiger partial charge in [0.15, 0.2) is 0 Å². The van der Waals surface area contributed by atoms with Gasteiger partial charge in [-0.15, -0.1) is 0 Å². The monoisotopic (exact) mass is 426 g/mol. The van der Waals surface area contributed by atoms with E-state index < -0.39 is 5.97 Å². The van der Waals surface area contributed by atoms with E-state index in [2.05, 4.69) is 24.8 Å². The number of nitrogens with zero attached hydrogens (tertiary/aromatic N) is 2. The average molecular weight is 427 g/mol. The standard InChI is InChI=1S/C25H34N2O4/c1-4-13-27(19-28)15-8-14-26(5-2)18-22-11-7-12-23(31-3)25(22)21-10-6-9-20(16-21)17-24(29)30/h6-7,9-12,16,19H,4-5,8,13-15,17-18H2,1-3H3,(H,29,30). The molecule has 0 spiro atoms. The zero-order valence-electron chi connectivity index (χ0n) is 18.8. The topological polar surface area (TPSA) is 70.1 Å². The Kier molecular flexibility index (Phi) is 10.0. The molecule has 1 N–H and O–H groups in total. The minimum Gasteiger partial charge on any atom is -0.496 e. The molecule has 2 aromatic carbocycles. The maximum absolute atomic E-state index is 11.2. The van der Waals surface area contributed by atoms with Crippen molar-refractivity contribution in [1.29, 1.82) is 0 Å². The SMILES string of the molecule is CCCN(C=O)CCCN(CC)Cc1cccc(OC)c1-c1cccc(CC(=O)O)c1. The molecule has 2 aromatic rings. The van der Waals surface area contributed by atoms with Crippen LogP contribution in [0.3, 0.4) is 0 Å². The Bertz CT molecular complexity index is 853. The molecule has 0 heterocycles. The summed E-state index contributed by atoms with van der Waals surface area (Å²) in [5.74, 6) is -0.0712. The van der Waals surface area contributed by atoms with Crippen molar-refractivity contribution in [3.05, 3.63) is 53.6 Å². The van der Waals surface area contributed by atoms with Gasteiger partial charge in [-0.2, -0.15) is 0 Å². The molecule has 31 heavy (non-hydrogen) atoms. The van der Waals surface area contributed by atoms with Crippen LogP contribution >= 0.6 is 0 Å². The minimum atomic E-state index is -0.845. The molecule has 1 amide bonds. The lowest BCUT2D eigenvalue weighted by Crippen LogP contribution is -2.29. The van der Waals surface area contributed by atoms with Crippen molar-refractivity contribution >= 4 is 12.4 Å². The van der Waals surface area contributed by atoms with Crippen molar-refractivity contribution in [2.24, 2.45) is 0 Å². The van der Waals surface area contributed by atoms with Crippen LogP contribution in [0.1, 0.15) is 37.8 Å². The van der Waals surface area contributed by atoms with Gasteiger partial charge in [-0.3, -0.25) is 14.5 Å². The number of carbonyl (C=O) groups excluding carboxylic acids is 1. The second-order valence-electron chi connectivity index (χ2n) is 7.63. The fourth-order valence-corrected chi connectivity index (χ4v) is 3.81. The molecule has 0 radical (unpaired) electrons. The van der Waals surface area contributed by atoms with Crippen molar-refractivity contribution in [2.45, 2.75) is 39.7 Å². The van der Waals surface area contributed by atoms with E-state index in [-0.39, 0.29) is 6.42 Å². The lowest BCUT2D eigenvalue weighted by molar-refractivity contribution is -0.136. The van der Waals surface area contributed by atoms with Gasteiger partial charge >= 0.3 is 5.97 Å². The zero-order chi connectivity index (χ0) is 22.6. The first-order valence-corrected chi connectivity index (χ1v) is 10.9. The van der Waals surface area contributed by atoms with E-state index in [4.69, 9.17) is 9.84 Å². The third-order valence-corrected chi connectivity index (χ3v) is 5.32. The Morgan fingerprint density at radius 3 is 2.52 bits per heavy atom. The van der Waals surface area contributed by atoms with E-state index in [1.165, 1.54) is 0 Å². The number of carbonyl (C=O) groups is 2. The number of hydrogen-bond donors (Lipinski definition) is 1. The second kappa shape index (κ2) is 12.7. The Hall–Kier alpha value is -2.86. The molecular formula is C25H34N2O4. The Balaban J connectivity index is 2.23. The molecule has 6 heteroatoms. The third kappa shape index (κ3) is 7.40. The molecular weight excluding hydrogens is 392 g/mol. The summed E-state index contributed by atoms with van der Waals surface area (Å²) in [6, 6.07) is 13.7. The van der Waals surface area contributed by atoms with Gasteiger partial charge in [0, 0.05) is 31.7 Å². The molecule has 0 aromatic heterocycles. The number of hydrogen-bond acceptors (Lipinski definition) is 4. The Labute approximate surface area is 185 Å². The fourth-order valence-electron chi connectivity index (χ4n) is 3.81. The highest BCUT2D eigenvalue weighted by Crippen LogP contribution is 2.34. The molecule has 0 aliphatic carbocycles. The van der Waals surface area contributed by atoms with Crippen LogP contribution in [0.5, 0.6) is 5.75 Å². The van der Waals surface area contributed by atoms with Crippen molar-refractivity contribution < 1.29 is 19.4 Å². The van der Waals surface area contributed by atoms with Gasteiger partial charge in [0.1, 0.15) is 5.75 Å². The van der Waals surface area contributed by atoms with E-state index >= 15 is 0 Å². The summed E-state index contributed by atoms with van der Waals surface area (Å²) in [5, 5.41) is 9.15. The first-order valence-electron chi connectivity index (χ1n) is 10.9. The van der Waals surface area contributed by atoms with E-state index in [0.29, 0.717) is 0 Å². The zero-order valence-corrected chi connectivity index (χ0v) is 18.8. The first kappa shape index (κ1) is 24.4. The van der Waals surface area contributed by atoms with E-state index in [9.17, 15) is 9.59 Å². The quantitative estimate of drug-likeness (QED) is 0.461. The van der Waals surface area contributed by atoms with Crippen LogP contribution in [0.15, 0.2) is 42.5 Å². The van der Waals surface area contributed by atoms with Crippen LogP contribution in [0.4, 0.5) is 0 Å². The summed E-state index contributed by atoms with van der Waals surface area (Å²) < 4.78 is 5.65. The average Bonchev–Trinajstić information content (AvgIpc) is 2.77. The van der Waals surface area contributed by atoms with Gasteiger partial charge in [-0.05, 0) is 42.1 Å². The van der Waals surface area contributed by atoms with Gasteiger partial charge in [-0.1, -0.05) is 50.2 Å². The van der Waals surface area contributed by atoms with Crippen LogP contribution in [-0.2, 0) is 22.6 Å². The molecule has 0 saturated carbocycles. The number of carboxylic acids is 1. The summed E-state index contributed by atoms with van der Waals surface area (Å²) >= 11 is 0. The van der Waals surface area contributed by atoms with Gasteiger partial charge in [0.25, 0.3) is 0 Å². The molecule has 168 valence electrons. The Morgan fingerprint density at radius 1 is 1.10 bits per heavy atom. The lowest BCUT2D eigenvalue weighted by Gasteiger charge is -2.24. The molecule has 0 aliphatic rings. The Morgan fingerprint density at radius 2 is 1.87 bits per heavy atom. The number of rotatable bonds is 14. The normalized spacial score (nSPS) is 10.8. The maximum atomic E-state index is 11.2. The molecule has 0 unspecified atom stereocenters. The highest BCUT2D eigenvalue weighted by molar-refractivity contribution is 5.76. The predicted octanol–water partition coefficient (Wildman–Crippen LogP) is 4.07. The maximum Gasteiger partial charge on any atom is 0.307 e. The number of benzene rings is 2. The van der Waals surface area contributed by atoms with Crippen molar-refractivity contribution in [3.63, 3.8) is 0 Å². The van der Waals surface area contributed by atoms with Gasteiger partial charge in [0.05, 0.1) is 13.5 Å². The summed E-state index contributed by atoms with van der Waals surface area (Å²) in [4.78, 5) is 26.5. The summed E-state index contributed by atoms with van der Waals surface area (Å²) in [6.07, 6.45) is 2.80. The summed E-state index contributed by atoms with van der Waals surface area (Å²) in [6.45, 7) is 8.30. The third-order valence-electron chi connectivity index (χ3n) is 5.32. The summed E-state index contributed by atoms with van der Waals surface area (Å²) in [7, 11) is 1.66. The highest BCUT2D eigenvalue weighted by Gasteiger charge is 2.15. The number of carboxylic acid groups (broad SMARTS) is 1. The van der Waals surface area contributed by atoms with E-state index in [1.54, 1.807) is 7.11 Å².